The van der Waals surface area contributed by atoms with E-state index in [-0.39, 0.29) is 5.75 Å². The van der Waals surface area contributed by atoms with Crippen LogP contribution in [0, 0.1) is 0 Å². The molecule has 0 aliphatic rings. The summed E-state index contributed by atoms with van der Waals surface area (Å²) in [5, 5.41) is 9.90. The van der Waals surface area contributed by atoms with Crippen molar-refractivity contribution in [3.63, 3.8) is 0 Å². The first-order chi connectivity index (χ1) is 12.0. The largest absolute Gasteiger partial charge is 0.503 e. The summed E-state index contributed by atoms with van der Waals surface area (Å²) in [7, 11) is 6.99. The molecule has 0 bridgehead atoms. The molecule has 0 aromatic heterocycles. The number of halogens is 1. The molecule has 2 rings (SSSR count). The third-order valence-electron chi connectivity index (χ3n) is 4.10. The van der Waals surface area contributed by atoms with Crippen LogP contribution < -0.4 is 19.1 Å². The molecule has 5 nitrogen and oxygen atoms in total. The number of methoxy groups -OCH3 is 3. The molecule has 2 N–H and O–H groups in total. The van der Waals surface area contributed by atoms with Crippen molar-refractivity contribution in [3.05, 3.63) is 45.9 Å². The van der Waals surface area contributed by atoms with E-state index in [1.54, 1.807) is 21.3 Å². The highest BCUT2D eigenvalue weighted by molar-refractivity contribution is 9.10. The van der Waals surface area contributed by atoms with E-state index in [0.29, 0.717) is 10.2 Å². The summed E-state index contributed by atoms with van der Waals surface area (Å²) < 4.78 is 16.5. The van der Waals surface area contributed by atoms with E-state index in [1.165, 1.54) is 10.5 Å². The predicted octanol–water partition coefficient (Wildman–Crippen LogP) is 2.44. The number of phenolic OH excluding ortho intramolecular Hbond substituents is 1. The standard InChI is InChI=1S/C19H24BrNO4/c1-21(12-14-9-15(20)19(22)18(11-14)25-4)8-7-13-5-6-16(23-2)17(10-13)24-3/h5-6,9-11,22H,7-8,12H2,1-4H3/p+1. The van der Waals surface area contributed by atoms with Crippen molar-refractivity contribution in [1.29, 1.82) is 0 Å². The van der Waals surface area contributed by atoms with Crippen LogP contribution in [0.2, 0.25) is 0 Å². The molecule has 0 aliphatic heterocycles. The molecule has 1 unspecified atom stereocenters. The van der Waals surface area contributed by atoms with Crippen LogP contribution in [0.25, 0.3) is 0 Å². The molecular formula is C19H25BrNO4+. The molecule has 0 aliphatic carbocycles. The highest BCUT2D eigenvalue weighted by Gasteiger charge is 2.12. The smallest absolute Gasteiger partial charge is 0.172 e. The summed E-state index contributed by atoms with van der Waals surface area (Å²) >= 11 is 3.37. The van der Waals surface area contributed by atoms with E-state index in [9.17, 15) is 5.11 Å². The second-order valence-corrected chi connectivity index (χ2v) is 6.81. The molecule has 2 aromatic rings. The van der Waals surface area contributed by atoms with Gasteiger partial charge in [0.2, 0.25) is 0 Å². The molecular weight excluding hydrogens is 386 g/mol. The Balaban J connectivity index is 1.99. The lowest BCUT2D eigenvalue weighted by Crippen LogP contribution is -3.07. The fourth-order valence-corrected chi connectivity index (χ4v) is 3.21. The lowest BCUT2D eigenvalue weighted by atomic mass is 10.1. The first kappa shape index (κ1) is 19.4. The number of rotatable bonds is 8. The van der Waals surface area contributed by atoms with Crippen molar-refractivity contribution in [1.82, 2.24) is 0 Å². The molecule has 2 aromatic carbocycles. The number of phenols is 1. The summed E-state index contributed by atoms with van der Waals surface area (Å²) in [6.07, 6.45) is 0.933. The minimum absolute atomic E-state index is 0.134. The van der Waals surface area contributed by atoms with Gasteiger partial charge in [0.1, 0.15) is 6.54 Å². The molecule has 136 valence electrons. The fraction of sp³-hybridized carbons (Fsp3) is 0.368. The van der Waals surface area contributed by atoms with E-state index in [0.717, 1.165) is 36.6 Å². The predicted molar refractivity (Wildman–Crippen MR) is 101 cm³/mol. The van der Waals surface area contributed by atoms with Gasteiger partial charge >= 0.3 is 0 Å². The topological polar surface area (TPSA) is 52.4 Å². The van der Waals surface area contributed by atoms with Gasteiger partial charge in [0, 0.05) is 12.0 Å². The SMILES string of the molecule is COc1ccc(CC[NH+](C)Cc2cc(Br)c(O)c(OC)c2)cc1OC. The van der Waals surface area contributed by atoms with Gasteiger partial charge in [-0.3, -0.25) is 0 Å². The zero-order valence-corrected chi connectivity index (χ0v) is 16.6. The van der Waals surface area contributed by atoms with Gasteiger partial charge in [0.05, 0.1) is 39.4 Å². The zero-order chi connectivity index (χ0) is 18.4. The van der Waals surface area contributed by atoms with E-state index in [1.807, 2.05) is 24.3 Å². The van der Waals surface area contributed by atoms with Gasteiger partial charge < -0.3 is 24.2 Å². The Kier molecular flexibility index (Phi) is 6.96. The maximum atomic E-state index is 9.90. The molecule has 0 amide bonds. The van der Waals surface area contributed by atoms with Crippen molar-refractivity contribution in [3.8, 4) is 23.0 Å². The third-order valence-corrected chi connectivity index (χ3v) is 4.71. The van der Waals surface area contributed by atoms with Crippen LogP contribution in [0.3, 0.4) is 0 Å². The average molecular weight is 411 g/mol. The number of ether oxygens (including phenoxy) is 3. The number of nitrogens with one attached hydrogen (secondary N) is 1. The van der Waals surface area contributed by atoms with Gasteiger partial charge in [0.15, 0.2) is 23.0 Å². The number of hydrogen-bond acceptors (Lipinski definition) is 4. The Morgan fingerprint density at radius 2 is 1.56 bits per heavy atom. The van der Waals surface area contributed by atoms with Crippen molar-refractivity contribution in [2.24, 2.45) is 0 Å². The van der Waals surface area contributed by atoms with Gasteiger partial charge in [-0.05, 0) is 45.8 Å². The maximum Gasteiger partial charge on any atom is 0.172 e. The van der Waals surface area contributed by atoms with Gasteiger partial charge in [-0.25, -0.2) is 0 Å². The van der Waals surface area contributed by atoms with Crippen LogP contribution in [-0.2, 0) is 13.0 Å². The molecule has 0 heterocycles. The van der Waals surface area contributed by atoms with Crippen molar-refractivity contribution in [2.75, 3.05) is 34.9 Å². The lowest BCUT2D eigenvalue weighted by molar-refractivity contribution is -0.893. The second kappa shape index (κ2) is 8.97. The van der Waals surface area contributed by atoms with Crippen LogP contribution >= 0.6 is 15.9 Å². The number of aromatic hydroxyl groups is 1. The highest BCUT2D eigenvalue weighted by atomic mass is 79.9. The van der Waals surface area contributed by atoms with Crippen LogP contribution in [0.1, 0.15) is 11.1 Å². The number of benzene rings is 2. The molecule has 6 heteroatoms. The monoisotopic (exact) mass is 410 g/mol. The van der Waals surface area contributed by atoms with E-state index in [2.05, 4.69) is 29.0 Å². The number of quaternary nitrogens is 1. The highest BCUT2D eigenvalue weighted by Crippen LogP contribution is 2.35. The Hall–Kier alpha value is -1.92. The summed E-state index contributed by atoms with van der Waals surface area (Å²) in [6.45, 7) is 1.80. The van der Waals surface area contributed by atoms with Crippen molar-refractivity contribution < 1.29 is 24.2 Å². The van der Waals surface area contributed by atoms with Gasteiger partial charge in [0.25, 0.3) is 0 Å². The molecule has 0 spiro atoms. The average Bonchev–Trinajstić information content (AvgIpc) is 2.62. The van der Waals surface area contributed by atoms with Gasteiger partial charge in [-0.1, -0.05) is 6.07 Å². The van der Waals surface area contributed by atoms with Crippen molar-refractivity contribution >= 4 is 15.9 Å². The normalized spacial score (nSPS) is 11.9. The summed E-state index contributed by atoms with van der Waals surface area (Å²) in [6, 6.07) is 9.82. The number of hydrogen-bond donors (Lipinski definition) is 2. The summed E-state index contributed by atoms with van der Waals surface area (Å²) in [5.74, 6) is 2.11. The Labute approximate surface area is 157 Å². The molecule has 0 radical (unpaired) electrons. The molecule has 0 saturated carbocycles. The molecule has 25 heavy (non-hydrogen) atoms. The second-order valence-electron chi connectivity index (χ2n) is 5.95. The van der Waals surface area contributed by atoms with Crippen LogP contribution in [-0.4, -0.2) is 40.0 Å². The maximum absolute atomic E-state index is 9.90. The first-order valence-electron chi connectivity index (χ1n) is 8.06. The minimum Gasteiger partial charge on any atom is -0.503 e. The Morgan fingerprint density at radius 1 is 0.920 bits per heavy atom. The van der Waals surface area contributed by atoms with Crippen LogP contribution in [0.15, 0.2) is 34.8 Å². The van der Waals surface area contributed by atoms with Gasteiger partial charge in [-0.15, -0.1) is 0 Å². The van der Waals surface area contributed by atoms with Gasteiger partial charge in [-0.2, -0.15) is 0 Å². The quantitative estimate of drug-likeness (QED) is 0.701. The zero-order valence-electron chi connectivity index (χ0n) is 15.1. The van der Waals surface area contributed by atoms with Crippen molar-refractivity contribution in [2.45, 2.75) is 13.0 Å². The summed E-state index contributed by atoms with van der Waals surface area (Å²) in [4.78, 5) is 1.36. The number of likely N-dealkylation sites (N-methyl/N-ethyl adjacent to an activating group) is 1. The molecule has 0 saturated heterocycles. The first-order valence-corrected chi connectivity index (χ1v) is 8.85. The van der Waals surface area contributed by atoms with E-state index >= 15 is 0 Å². The fourth-order valence-electron chi connectivity index (χ4n) is 2.72. The van der Waals surface area contributed by atoms with Crippen LogP contribution in [0.5, 0.6) is 23.0 Å². The molecule has 0 fully saturated rings. The summed E-state index contributed by atoms with van der Waals surface area (Å²) in [5.41, 5.74) is 2.31. The Bertz CT molecular complexity index is 721. The van der Waals surface area contributed by atoms with E-state index in [4.69, 9.17) is 14.2 Å². The Morgan fingerprint density at radius 3 is 2.20 bits per heavy atom. The van der Waals surface area contributed by atoms with Crippen LogP contribution in [0.4, 0.5) is 0 Å². The minimum atomic E-state index is 0.134. The lowest BCUT2D eigenvalue weighted by Gasteiger charge is -2.16. The third kappa shape index (κ3) is 5.03. The molecule has 1 atom stereocenters. The van der Waals surface area contributed by atoms with E-state index < -0.39 is 0 Å².